The average Bonchev–Trinajstić information content (AvgIpc) is 2.73. The standard InChI is InChI=1S/C25H32O4/c1-5-8-23(29-25(27)22-15-11-20(7-3)12-16-22)17-18(4)28-24(26)21-13-9-19(6-2)10-14-21/h9-16,18,23H,5-8,17H2,1-4H3. The maximum Gasteiger partial charge on any atom is 0.338 e. The van der Waals surface area contributed by atoms with Crippen LogP contribution in [0.25, 0.3) is 0 Å². The minimum atomic E-state index is -0.350. The number of aryl methyl sites for hydroxylation is 2. The van der Waals surface area contributed by atoms with Crippen molar-refractivity contribution in [3.63, 3.8) is 0 Å². The summed E-state index contributed by atoms with van der Waals surface area (Å²) in [7, 11) is 0. The fourth-order valence-electron chi connectivity index (χ4n) is 3.19. The number of rotatable bonds is 10. The predicted molar refractivity (Wildman–Crippen MR) is 115 cm³/mol. The van der Waals surface area contributed by atoms with Crippen molar-refractivity contribution in [2.45, 2.75) is 72.0 Å². The van der Waals surface area contributed by atoms with E-state index in [0.717, 1.165) is 25.7 Å². The highest BCUT2D eigenvalue weighted by molar-refractivity contribution is 5.90. The van der Waals surface area contributed by atoms with Crippen LogP contribution in [0, 0.1) is 0 Å². The second kappa shape index (κ2) is 11.4. The van der Waals surface area contributed by atoms with Gasteiger partial charge < -0.3 is 9.47 Å². The van der Waals surface area contributed by atoms with Crippen LogP contribution >= 0.6 is 0 Å². The first kappa shape index (κ1) is 22.7. The van der Waals surface area contributed by atoms with Gasteiger partial charge in [-0.05, 0) is 61.6 Å². The third kappa shape index (κ3) is 7.04. The molecule has 2 rings (SSSR count). The zero-order chi connectivity index (χ0) is 21.2. The summed E-state index contributed by atoms with van der Waals surface area (Å²) in [5.74, 6) is -0.684. The third-order valence-electron chi connectivity index (χ3n) is 4.98. The van der Waals surface area contributed by atoms with Crippen molar-refractivity contribution < 1.29 is 19.1 Å². The highest BCUT2D eigenvalue weighted by Gasteiger charge is 2.21. The molecule has 0 fully saturated rings. The second-order valence-corrected chi connectivity index (χ2v) is 7.37. The summed E-state index contributed by atoms with van der Waals surface area (Å²) in [6, 6.07) is 14.9. The molecule has 0 saturated carbocycles. The van der Waals surface area contributed by atoms with E-state index in [-0.39, 0.29) is 24.1 Å². The number of hydrogen-bond donors (Lipinski definition) is 0. The molecular formula is C25H32O4. The van der Waals surface area contributed by atoms with Gasteiger partial charge in [-0.15, -0.1) is 0 Å². The Kier molecular flexibility index (Phi) is 8.91. The van der Waals surface area contributed by atoms with Gasteiger partial charge in [-0.25, -0.2) is 9.59 Å². The maximum atomic E-state index is 12.5. The molecule has 2 atom stereocenters. The summed E-state index contributed by atoms with van der Waals surface area (Å²) in [6.07, 6.45) is 3.31. The van der Waals surface area contributed by atoms with Gasteiger partial charge in [0.1, 0.15) is 12.2 Å². The fraction of sp³-hybridized carbons (Fsp3) is 0.440. The summed E-state index contributed by atoms with van der Waals surface area (Å²) < 4.78 is 11.3. The zero-order valence-electron chi connectivity index (χ0n) is 17.9. The molecule has 29 heavy (non-hydrogen) atoms. The van der Waals surface area contributed by atoms with E-state index in [1.165, 1.54) is 11.1 Å². The zero-order valence-corrected chi connectivity index (χ0v) is 17.9. The van der Waals surface area contributed by atoms with E-state index in [1.54, 1.807) is 24.3 Å². The van der Waals surface area contributed by atoms with E-state index in [0.29, 0.717) is 17.5 Å². The lowest BCUT2D eigenvalue weighted by molar-refractivity contribution is 0.00162. The normalized spacial score (nSPS) is 12.8. The van der Waals surface area contributed by atoms with Crippen LogP contribution in [0.5, 0.6) is 0 Å². The SMILES string of the molecule is CCCC(CC(C)OC(=O)c1ccc(CC)cc1)OC(=O)c1ccc(CC)cc1. The van der Waals surface area contributed by atoms with Crippen molar-refractivity contribution in [2.24, 2.45) is 0 Å². The van der Waals surface area contributed by atoms with Gasteiger partial charge in [-0.3, -0.25) is 0 Å². The second-order valence-electron chi connectivity index (χ2n) is 7.37. The predicted octanol–water partition coefficient (Wildman–Crippen LogP) is 5.77. The van der Waals surface area contributed by atoms with Gasteiger partial charge in [0.2, 0.25) is 0 Å². The Bertz CT molecular complexity index is 777. The molecule has 2 unspecified atom stereocenters. The number of ether oxygens (including phenoxy) is 2. The van der Waals surface area contributed by atoms with Crippen LogP contribution in [0.1, 0.15) is 78.8 Å². The lowest BCUT2D eigenvalue weighted by atomic mass is 10.1. The quantitative estimate of drug-likeness (QED) is 0.478. The number of carbonyl (C=O) groups excluding carboxylic acids is 2. The van der Waals surface area contributed by atoms with Gasteiger partial charge >= 0.3 is 11.9 Å². The highest BCUT2D eigenvalue weighted by Crippen LogP contribution is 2.17. The van der Waals surface area contributed by atoms with Crippen LogP contribution < -0.4 is 0 Å². The molecule has 0 aliphatic rings. The first-order valence-corrected chi connectivity index (χ1v) is 10.6. The van der Waals surface area contributed by atoms with Crippen molar-refractivity contribution in [1.29, 1.82) is 0 Å². The molecular weight excluding hydrogens is 364 g/mol. The molecule has 4 heteroatoms. The van der Waals surface area contributed by atoms with Crippen molar-refractivity contribution in [1.82, 2.24) is 0 Å². The first-order chi connectivity index (χ1) is 14.0. The monoisotopic (exact) mass is 396 g/mol. The minimum absolute atomic E-state index is 0.288. The van der Waals surface area contributed by atoms with E-state index in [4.69, 9.17) is 9.47 Å². The van der Waals surface area contributed by atoms with Gasteiger partial charge in [0, 0.05) is 6.42 Å². The van der Waals surface area contributed by atoms with Crippen molar-refractivity contribution in [2.75, 3.05) is 0 Å². The average molecular weight is 397 g/mol. The molecule has 0 spiro atoms. The fourth-order valence-corrected chi connectivity index (χ4v) is 3.19. The molecule has 4 nitrogen and oxygen atoms in total. The molecule has 156 valence electrons. The molecule has 0 bridgehead atoms. The topological polar surface area (TPSA) is 52.6 Å². The molecule has 2 aromatic rings. The molecule has 2 aromatic carbocycles. The van der Waals surface area contributed by atoms with E-state index in [1.807, 2.05) is 38.1 Å². The highest BCUT2D eigenvalue weighted by atomic mass is 16.6. The van der Waals surface area contributed by atoms with Crippen LogP contribution in [0.3, 0.4) is 0 Å². The lowest BCUT2D eigenvalue weighted by Crippen LogP contribution is -2.25. The van der Waals surface area contributed by atoms with E-state index in [2.05, 4.69) is 13.8 Å². The summed E-state index contributed by atoms with van der Waals surface area (Å²) in [5, 5.41) is 0. The van der Waals surface area contributed by atoms with E-state index < -0.39 is 0 Å². The Morgan fingerprint density at radius 2 is 1.21 bits per heavy atom. The summed E-state index contributed by atoms with van der Waals surface area (Å²) in [5.41, 5.74) is 3.44. The van der Waals surface area contributed by atoms with Gasteiger partial charge in [-0.1, -0.05) is 51.5 Å². The van der Waals surface area contributed by atoms with Gasteiger partial charge in [0.25, 0.3) is 0 Å². The largest absolute Gasteiger partial charge is 0.459 e. The van der Waals surface area contributed by atoms with E-state index in [9.17, 15) is 9.59 Å². The molecule has 0 amide bonds. The lowest BCUT2D eigenvalue weighted by Gasteiger charge is -2.21. The smallest absolute Gasteiger partial charge is 0.338 e. The van der Waals surface area contributed by atoms with Gasteiger partial charge in [0.15, 0.2) is 0 Å². The first-order valence-electron chi connectivity index (χ1n) is 10.6. The van der Waals surface area contributed by atoms with Crippen LogP contribution in [0.2, 0.25) is 0 Å². The van der Waals surface area contributed by atoms with Crippen molar-refractivity contribution >= 4 is 11.9 Å². The van der Waals surface area contributed by atoms with Crippen LogP contribution in [0.15, 0.2) is 48.5 Å². The molecule has 0 aromatic heterocycles. The summed E-state index contributed by atoms with van der Waals surface area (Å²) in [6.45, 7) is 8.03. The molecule has 0 saturated heterocycles. The minimum Gasteiger partial charge on any atom is -0.459 e. The number of benzene rings is 2. The number of esters is 2. The Hall–Kier alpha value is -2.62. The van der Waals surface area contributed by atoms with Crippen molar-refractivity contribution in [3.05, 3.63) is 70.8 Å². The third-order valence-corrected chi connectivity index (χ3v) is 4.98. The Balaban J connectivity index is 1.93. The van der Waals surface area contributed by atoms with Crippen molar-refractivity contribution in [3.8, 4) is 0 Å². The maximum absolute atomic E-state index is 12.5. The molecule has 0 aliphatic heterocycles. The number of carbonyl (C=O) groups is 2. The van der Waals surface area contributed by atoms with Gasteiger partial charge in [0.05, 0.1) is 11.1 Å². The Labute approximate surface area is 174 Å². The van der Waals surface area contributed by atoms with Gasteiger partial charge in [-0.2, -0.15) is 0 Å². The molecule has 0 radical (unpaired) electrons. The summed E-state index contributed by atoms with van der Waals surface area (Å²) in [4.78, 5) is 24.9. The van der Waals surface area contributed by atoms with Crippen LogP contribution in [-0.2, 0) is 22.3 Å². The Morgan fingerprint density at radius 1 is 0.759 bits per heavy atom. The number of hydrogen-bond acceptors (Lipinski definition) is 4. The van der Waals surface area contributed by atoms with E-state index >= 15 is 0 Å². The molecule has 0 aliphatic carbocycles. The summed E-state index contributed by atoms with van der Waals surface area (Å²) >= 11 is 0. The van der Waals surface area contributed by atoms with Crippen LogP contribution in [-0.4, -0.2) is 24.1 Å². The van der Waals surface area contributed by atoms with Crippen LogP contribution in [0.4, 0.5) is 0 Å². The molecule has 0 heterocycles. The molecule has 0 N–H and O–H groups in total. The Morgan fingerprint density at radius 3 is 1.62 bits per heavy atom.